The SMILES string of the molecule is CCC(C#N)Oc1cc(C)c(S(N)(=O)=O)cc1C(C)(C)C. The molecule has 21 heavy (non-hydrogen) atoms. The van der Waals surface area contributed by atoms with Crippen molar-refractivity contribution < 1.29 is 13.2 Å². The maximum absolute atomic E-state index is 11.7. The van der Waals surface area contributed by atoms with Crippen molar-refractivity contribution in [2.45, 2.75) is 57.5 Å². The van der Waals surface area contributed by atoms with Crippen molar-refractivity contribution in [3.8, 4) is 11.8 Å². The quantitative estimate of drug-likeness (QED) is 0.925. The monoisotopic (exact) mass is 310 g/mol. The standard InChI is InChI=1S/C15H22N2O3S/c1-6-11(9-16)20-13-7-10(2)14(21(17,18)19)8-12(13)15(3,4)5/h7-8,11H,6H2,1-5H3,(H2,17,18,19). The number of rotatable bonds is 4. The number of nitrogens with two attached hydrogens (primary N) is 1. The highest BCUT2D eigenvalue weighted by atomic mass is 32.2. The summed E-state index contributed by atoms with van der Waals surface area (Å²) in [6.07, 6.45) is -0.0124. The van der Waals surface area contributed by atoms with E-state index in [0.717, 1.165) is 0 Å². The number of aryl methyl sites for hydroxylation is 1. The Bertz CT molecular complexity index is 667. The van der Waals surface area contributed by atoms with Crippen molar-refractivity contribution in [2.24, 2.45) is 5.14 Å². The first-order chi connectivity index (χ1) is 9.50. The van der Waals surface area contributed by atoms with E-state index in [1.165, 1.54) is 0 Å². The molecule has 0 radical (unpaired) electrons. The Morgan fingerprint density at radius 3 is 2.33 bits per heavy atom. The second kappa shape index (κ2) is 6.04. The highest BCUT2D eigenvalue weighted by Gasteiger charge is 2.25. The van der Waals surface area contributed by atoms with Crippen molar-refractivity contribution >= 4 is 10.0 Å². The van der Waals surface area contributed by atoms with Gasteiger partial charge in [-0.2, -0.15) is 5.26 Å². The molecule has 0 heterocycles. The van der Waals surface area contributed by atoms with Crippen molar-refractivity contribution in [1.29, 1.82) is 5.26 Å². The van der Waals surface area contributed by atoms with Crippen LogP contribution < -0.4 is 9.88 Å². The van der Waals surface area contributed by atoms with Gasteiger partial charge < -0.3 is 4.74 Å². The highest BCUT2D eigenvalue weighted by Crippen LogP contribution is 2.35. The molecule has 0 aromatic heterocycles. The Morgan fingerprint density at radius 2 is 1.95 bits per heavy atom. The molecule has 0 fully saturated rings. The van der Waals surface area contributed by atoms with Crippen LogP contribution in [0.2, 0.25) is 0 Å². The average molecular weight is 310 g/mol. The predicted molar refractivity (Wildman–Crippen MR) is 81.6 cm³/mol. The Balaban J connectivity index is 3.52. The average Bonchev–Trinajstić information content (AvgIpc) is 2.32. The highest BCUT2D eigenvalue weighted by molar-refractivity contribution is 7.89. The molecule has 5 nitrogen and oxygen atoms in total. The maximum atomic E-state index is 11.7. The molecule has 1 rings (SSSR count). The summed E-state index contributed by atoms with van der Waals surface area (Å²) in [5.41, 5.74) is 0.884. The zero-order chi connectivity index (χ0) is 16.4. The molecular formula is C15H22N2O3S. The number of nitrogens with zero attached hydrogens (tertiary/aromatic N) is 1. The van der Waals surface area contributed by atoms with Gasteiger partial charge in [0.05, 0.1) is 4.90 Å². The summed E-state index contributed by atoms with van der Waals surface area (Å²) in [6, 6.07) is 5.26. The molecule has 1 unspecified atom stereocenters. The molecule has 0 bridgehead atoms. The third-order valence-electron chi connectivity index (χ3n) is 3.18. The third kappa shape index (κ3) is 4.19. The zero-order valence-electron chi connectivity index (χ0n) is 13.1. The lowest BCUT2D eigenvalue weighted by atomic mass is 9.86. The summed E-state index contributed by atoms with van der Waals surface area (Å²) in [5.74, 6) is 0.529. The lowest BCUT2D eigenvalue weighted by Gasteiger charge is -2.25. The first kappa shape index (κ1) is 17.5. The minimum absolute atomic E-state index is 0.0878. The van der Waals surface area contributed by atoms with E-state index in [1.807, 2.05) is 27.7 Å². The molecule has 0 spiro atoms. The molecule has 0 saturated heterocycles. The third-order valence-corrected chi connectivity index (χ3v) is 4.23. The number of hydrogen-bond donors (Lipinski definition) is 1. The van der Waals surface area contributed by atoms with Gasteiger partial charge in [-0.15, -0.1) is 0 Å². The second-order valence-electron chi connectivity index (χ2n) is 6.05. The van der Waals surface area contributed by atoms with E-state index >= 15 is 0 Å². The van der Waals surface area contributed by atoms with Crippen LogP contribution in [0.25, 0.3) is 0 Å². The van der Waals surface area contributed by atoms with Crippen molar-refractivity contribution in [3.63, 3.8) is 0 Å². The van der Waals surface area contributed by atoms with E-state index in [4.69, 9.17) is 15.1 Å². The van der Waals surface area contributed by atoms with Crippen LogP contribution in [0.4, 0.5) is 0 Å². The van der Waals surface area contributed by atoms with Crippen LogP contribution >= 0.6 is 0 Å². The van der Waals surface area contributed by atoms with Crippen molar-refractivity contribution in [3.05, 3.63) is 23.3 Å². The number of primary sulfonamides is 1. The minimum atomic E-state index is -3.79. The Morgan fingerprint density at radius 1 is 1.38 bits per heavy atom. The molecule has 0 aliphatic heterocycles. The summed E-state index contributed by atoms with van der Waals surface area (Å²) in [6.45, 7) is 9.36. The van der Waals surface area contributed by atoms with Crippen LogP contribution in [0, 0.1) is 18.3 Å². The van der Waals surface area contributed by atoms with Gasteiger partial charge >= 0.3 is 0 Å². The normalized spacial score (nSPS) is 13.6. The fourth-order valence-electron chi connectivity index (χ4n) is 2.01. The number of benzene rings is 1. The predicted octanol–water partition coefficient (Wildman–Crippen LogP) is 2.62. The summed E-state index contributed by atoms with van der Waals surface area (Å²) in [4.78, 5) is 0.0878. The molecule has 0 saturated carbocycles. The van der Waals surface area contributed by atoms with E-state index in [1.54, 1.807) is 19.1 Å². The van der Waals surface area contributed by atoms with Gasteiger partial charge in [-0.25, -0.2) is 13.6 Å². The summed E-state index contributed by atoms with van der Waals surface area (Å²) < 4.78 is 29.0. The first-order valence-corrected chi connectivity index (χ1v) is 8.29. The van der Waals surface area contributed by atoms with Gasteiger partial charge in [0, 0.05) is 5.56 Å². The van der Waals surface area contributed by atoms with Gasteiger partial charge in [0.25, 0.3) is 0 Å². The second-order valence-corrected chi connectivity index (χ2v) is 7.58. The maximum Gasteiger partial charge on any atom is 0.238 e. The van der Waals surface area contributed by atoms with Gasteiger partial charge in [-0.05, 0) is 36.5 Å². The number of ether oxygens (including phenoxy) is 1. The van der Waals surface area contributed by atoms with Crippen LogP contribution in [0.3, 0.4) is 0 Å². The summed E-state index contributed by atoms with van der Waals surface area (Å²) in [7, 11) is -3.79. The largest absolute Gasteiger partial charge is 0.475 e. The Kier molecular flexibility index (Phi) is 5.03. The molecule has 1 aromatic rings. The number of sulfonamides is 1. The van der Waals surface area contributed by atoms with E-state index in [2.05, 4.69) is 6.07 Å². The lowest BCUT2D eigenvalue weighted by molar-refractivity contribution is 0.245. The Labute approximate surface area is 126 Å². The van der Waals surface area contributed by atoms with Gasteiger partial charge in [-0.1, -0.05) is 27.7 Å². The topological polar surface area (TPSA) is 93.2 Å². The molecule has 116 valence electrons. The van der Waals surface area contributed by atoms with Gasteiger partial charge in [0.15, 0.2) is 6.10 Å². The van der Waals surface area contributed by atoms with E-state index in [9.17, 15) is 8.42 Å². The molecule has 0 aliphatic rings. The van der Waals surface area contributed by atoms with Crippen LogP contribution in [-0.4, -0.2) is 14.5 Å². The molecule has 6 heteroatoms. The van der Waals surface area contributed by atoms with Crippen LogP contribution in [0.1, 0.15) is 45.2 Å². The molecule has 2 N–H and O–H groups in total. The summed E-state index contributed by atoms with van der Waals surface area (Å²) in [5, 5.41) is 14.3. The van der Waals surface area contributed by atoms with Gasteiger partial charge in [0.2, 0.25) is 10.0 Å². The van der Waals surface area contributed by atoms with Gasteiger partial charge in [-0.3, -0.25) is 0 Å². The fourth-order valence-corrected chi connectivity index (χ4v) is 2.80. The fraction of sp³-hybridized carbons (Fsp3) is 0.533. The molecule has 0 amide bonds. The van der Waals surface area contributed by atoms with E-state index in [-0.39, 0.29) is 10.3 Å². The Hall–Kier alpha value is -1.58. The van der Waals surface area contributed by atoms with Gasteiger partial charge in [0.1, 0.15) is 11.8 Å². The van der Waals surface area contributed by atoms with Crippen LogP contribution in [-0.2, 0) is 15.4 Å². The van der Waals surface area contributed by atoms with Crippen molar-refractivity contribution in [1.82, 2.24) is 0 Å². The minimum Gasteiger partial charge on any atom is -0.475 e. The van der Waals surface area contributed by atoms with Crippen LogP contribution in [0.5, 0.6) is 5.75 Å². The first-order valence-electron chi connectivity index (χ1n) is 6.75. The molecule has 0 aliphatic carbocycles. The smallest absolute Gasteiger partial charge is 0.238 e. The molecular weight excluding hydrogens is 288 g/mol. The number of nitriles is 1. The summed E-state index contributed by atoms with van der Waals surface area (Å²) >= 11 is 0. The zero-order valence-corrected chi connectivity index (χ0v) is 13.9. The van der Waals surface area contributed by atoms with Crippen molar-refractivity contribution in [2.75, 3.05) is 0 Å². The molecule has 1 atom stereocenters. The van der Waals surface area contributed by atoms with Crippen LogP contribution in [0.15, 0.2) is 17.0 Å². The molecule has 1 aromatic carbocycles. The lowest BCUT2D eigenvalue weighted by Crippen LogP contribution is -2.21. The van der Waals surface area contributed by atoms with E-state index < -0.39 is 16.1 Å². The number of hydrogen-bond acceptors (Lipinski definition) is 4. The van der Waals surface area contributed by atoms with E-state index in [0.29, 0.717) is 23.3 Å².